The Labute approximate surface area is 203 Å². The van der Waals surface area contributed by atoms with E-state index in [-0.39, 0.29) is 18.1 Å². The minimum atomic E-state index is -0.237. The van der Waals surface area contributed by atoms with Crippen LogP contribution in [-0.4, -0.2) is 44.4 Å². The van der Waals surface area contributed by atoms with Gasteiger partial charge in [-0.15, -0.1) is 0 Å². The molecule has 2 fully saturated rings. The Hall–Kier alpha value is -3.78. The number of anilines is 2. The van der Waals surface area contributed by atoms with Gasteiger partial charge in [-0.2, -0.15) is 4.98 Å². The topological polar surface area (TPSA) is 114 Å². The highest BCUT2D eigenvalue weighted by Gasteiger charge is 2.44. The van der Waals surface area contributed by atoms with Crippen molar-refractivity contribution < 1.29 is 9.63 Å². The van der Waals surface area contributed by atoms with Crippen molar-refractivity contribution in [2.24, 2.45) is 0 Å². The molecular formula is C27H28N6O2. The third-order valence-electron chi connectivity index (χ3n) is 7.48. The molecule has 8 heteroatoms. The zero-order valence-corrected chi connectivity index (χ0v) is 19.5. The van der Waals surface area contributed by atoms with Crippen LogP contribution in [0.15, 0.2) is 65.4 Å². The van der Waals surface area contributed by atoms with E-state index >= 15 is 0 Å². The average Bonchev–Trinajstić information content (AvgIpc) is 3.55. The summed E-state index contributed by atoms with van der Waals surface area (Å²) in [5, 5.41) is 14.0. The van der Waals surface area contributed by atoms with E-state index in [1.54, 1.807) is 12.4 Å². The second-order valence-electron chi connectivity index (χ2n) is 9.49. The van der Waals surface area contributed by atoms with Crippen molar-refractivity contribution in [2.75, 3.05) is 23.8 Å². The van der Waals surface area contributed by atoms with Gasteiger partial charge in [0, 0.05) is 12.2 Å². The summed E-state index contributed by atoms with van der Waals surface area (Å²) in [5.74, 6) is 1.84. The summed E-state index contributed by atoms with van der Waals surface area (Å²) in [7, 11) is 0. The van der Waals surface area contributed by atoms with Crippen molar-refractivity contribution in [3.8, 4) is 22.7 Å². The maximum absolute atomic E-state index is 9.59. The number of hydrogen-bond donors (Lipinski definition) is 2. The fourth-order valence-corrected chi connectivity index (χ4v) is 5.26. The zero-order chi connectivity index (χ0) is 23.8. The zero-order valence-electron chi connectivity index (χ0n) is 19.5. The highest BCUT2D eigenvalue weighted by atomic mass is 16.5. The Bertz CT molecular complexity index is 1300. The Kier molecular flexibility index (Phi) is 5.45. The van der Waals surface area contributed by atoms with E-state index in [4.69, 9.17) is 15.2 Å². The molecular weight excluding hydrogens is 440 g/mol. The fraction of sp³-hybridized carbons (Fsp3) is 0.333. The molecule has 1 saturated carbocycles. The molecule has 0 unspecified atom stereocenters. The van der Waals surface area contributed by atoms with E-state index in [0.717, 1.165) is 61.3 Å². The van der Waals surface area contributed by atoms with E-state index in [1.807, 2.05) is 24.3 Å². The standard InChI is InChI=1S/C27H28N6O2/c28-21-10-6-19(7-11-21)18-4-8-20(9-5-18)27(12-2-13-27)26-31-25(35-32-26)23-15-30-24(16-29-23)33-14-1-3-22(33)17-34/h4-11,15-16,22,34H,1-3,12-14,17,28H2/t22-/m1/s1. The van der Waals surface area contributed by atoms with E-state index in [2.05, 4.69) is 44.3 Å². The Morgan fingerprint density at radius 3 is 2.34 bits per heavy atom. The van der Waals surface area contributed by atoms with Gasteiger partial charge in [-0.3, -0.25) is 0 Å². The number of aliphatic hydroxyl groups is 1. The molecule has 35 heavy (non-hydrogen) atoms. The SMILES string of the molecule is Nc1ccc(-c2ccc(C3(c4noc(-c5cnc(N6CCC[C@@H]6CO)cn5)n4)CCC3)cc2)cc1. The Morgan fingerprint density at radius 2 is 1.71 bits per heavy atom. The molecule has 1 atom stereocenters. The molecule has 8 nitrogen and oxygen atoms in total. The first-order valence-corrected chi connectivity index (χ1v) is 12.2. The fourth-order valence-electron chi connectivity index (χ4n) is 5.26. The molecule has 0 bridgehead atoms. The van der Waals surface area contributed by atoms with Crippen LogP contribution < -0.4 is 10.6 Å². The number of nitrogens with zero attached hydrogens (tertiary/aromatic N) is 5. The lowest BCUT2D eigenvalue weighted by Crippen LogP contribution is -2.36. The highest BCUT2D eigenvalue weighted by Crippen LogP contribution is 2.48. The van der Waals surface area contributed by atoms with Crippen molar-refractivity contribution in [3.63, 3.8) is 0 Å². The molecule has 2 aromatic heterocycles. The van der Waals surface area contributed by atoms with E-state index < -0.39 is 0 Å². The van der Waals surface area contributed by atoms with Crippen LogP contribution in [0.3, 0.4) is 0 Å². The quantitative estimate of drug-likeness (QED) is 0.405. The van der Waals surface area contributed by atoms with Crippen LogP contribution in [0.4, 0.5) is 11.5 Å². The first-order valence-electron chi connectivity index (χ1n) is 12.2. The van der Waals surface area contributed by atoms with Crippen molar-refractivity contribution in [2.45, 2.75) is 43.6 Å². The predicted octanol–water partition coefficient (Wildman–Crippen LogP) is 4.21. The number of benzene rings is 2. The Morgan fingerprint density at radius 1 is 0.971 bits per heavy atom. The third kappa shape index (κ3) is 3.83. The summed E-state index contributed by atoms with van der Waals surface area (Å²) in [5.41, 5.74) is 10.4. The lowest BCUT2D eigenvalue weighted by molar-refractivity contribution is 0.266. The summed E-state index contributed by atoms with van der Waals surface area (Å²) in [6, 6.07) is 16.6. The van der Waals surface area contributed by atoms with Crippen molar-refractivity contribution >= 4 is 11.5 Å². The molecule has 6 rings (SSSR count). The van der Waals surface area contributed by atoms with Gasteiger partial charge in [0.05, 0.1) is 30.5 Å². The van der Waals surface area contributed by atoms with Gasteiger partial charge in [0.1, 0.15) is 11.5 Å². The van der Waals surface area contributed by atoms with Crippen LogP contribution in [0.1, 0.15) is 43.5 Å². The van der Waals surface area contributed by atoms with Crippen molar-refractivity contribution in [3.05, 3.63) is 72.3 Å². The molecule has 1 saturated heterocycles. The molecule has 0 spiro atoms. The number of aliphatic hydroxyl groups excluding tert-OH is 1. The van der Waals surface area contributed by atoms with Crippen LogP contribution >= 0.6 is 0 Å². The van der Waals surface area contributed by atoms with Gasteiger partial charge in [0.15, 0.2) is 5.82 Å². The van der Waals surface area contributed by atoms with E-state index in [1.165, 1.54) is 5.56 Å². The monoisotopic (exact) mass is 468 g/mol. The Balaban J connectivity index is 1.24. The lowest BCUT2D eigenvalue weighted by atomic mass is 9.64. The molecule has 178 valence electrons. The molecule has 1 aliphatic heterocycles. The maximum atomic E-state index is 9.59. The van der Waals surface area contributed by atoms with E-state index in [9.17, 15) is 5.11 Å². The lowest BCUT2D eigenvalue weighted by Gasteiger charge is -2.39. The first-order chi connectivity index (χ1) is 17.2. The summed E-state index contributed by atoms with van der Waals surface area (Å²) >= 11 is 0. The smallest absolute Gasteiger partial charge is 0.278 e. The van der Waals surface area contributed by atoms with Crippen LogP contribution in [0, 0.1) is 0 Å². The molecule has 3 heterocycles. The largest absolute Gasteiger partial charge is 0.399 e. The predicted molar refractivity (Wildman–Crippen MR) is 134 cm³/mol. The highest BCUT2D eigenvalue weighted by molar-refractivity contribution is 5.66. The van der Waals surface area contributed by atoms with Crippen molar-refractivity contribution in [1.29, 1.82) is 0 Å². The number of hydrogen-bond acceptors (Lipinski definition) is 8. The summed E-state index contributed by atoms with van der Waals surface area (Å²) in [4.78, 5) is 16.0. The summed E-state index contributed by atoms with van der Waals surface area (Å²) < 4.78 is 5.64. The molecule has 1 aliphatic carbocycles. The maximum Gasteiger partial charge on any atom is 0.278 e. The number of nitrogens with two attached hydrogens (primary N) is 1. The van der Waals surface area contributed by atoms with Crippen LogP contribution in [0.2, 0.25) is 0 Å². The first kappa shape index (κ1) is 21.7. The van der Waals surface area contributed by atoms with Gasteiger partial charge in [0.25, 0.3) is 5.89 Å². The molecule has 0 amide bonds. The number of rotatable bonds is 6. The van der Waals surface area contributed by atoms with Gasteiger partial charge in [-0.25, -0.2) is 9.97 Å². The van der Waals surface area contributed by atoms with E-state index in [0.29, 0.717) is 17.4 Å². The van der Waals surface area contributed by atoms with Gasteiger partial charge in [-0.05, 0) is 54.5 Å². The summed E-state index contributed by atoms with van der Waals surface area (Å²) in [6.07, 6.45) is 8.50. The summed E-state index contributed by atoms with van der Waals surface area (Å²) in [6.45, 7) is 1.00. The van der Waals surface area contributed by atoms with Gasteiger partial charge < -0.3 is 20.3 Å². The van der Waals surface area contributed by atoms with Gasteiger partial charge in [-0.1, -0.05) is 48.0 Å². The molecule has 4 aromatic rings. The van der Waals surface area contributed by atoms with Crippen LogP contribution in [0.25, 0.3) is 22.7 Å². The molecule has 0 radical (unpaired) electrons. The van der Waals surface area contributed by atoms with Crippen LogP contribution in [-0.2, 0) is 5.41 Å². The van der Waals surface area contributed by atoms with Crippen LogP contribution in [0.5, 0.6) is 0 Å². The normalized spacial score (nSPS) is 19.0. The molecule has 2 aromatic carbocycles. The third-order valence-corrected chi connectivity index (χ3v) is 7.48. The number of aromatic nitrogens is 4. The second-order valence-corrected chi connectivity index (χ2v) is 9.49. The minimum Gasteiger partial charge on any atom is -0.399 e. The number of nitrogen functional groups attached to an aromatic ring is 1. The molecule has 2 aliphatic rings. The van der Waals surface area contributed by atoms with Crippen molar-refractivity contribution in [1.82, 2.24) is 20.1 Å². The molecule has 3 N–H and O–H groups in total. The second kappa shape index (κ2) is 8.78. The average molecular weight is 469 g/mol. The van der Waals surface area contributed by atoms with Gasteiger partial charge >= 0.3 is 0 Å². The minimum absolute atomic E-state index is 0.107. The van der Waals surface area contributed by atoms with Gasteiger partial charge in [0.2, 0.25) is 0 Å².